The van der Waals surface area contributed by atoms with E-state index in [1.54, 1.807) is 0 Å². The highest BCUT2D eigenvalue weighted by molar-refractivity contribution is 8.00. The fourth-order valence-corrected chi connectivity index (χ4v) is 3.72. The standard InChI is InChI=1S/C20H18F3N3O2S/c21-20(22,23)14-5-3-4-13(10-14)19(28)25-8-9-26-11-17(29-12-18(24)27)15-6-1-2-7-16(15)26/h1-7,10-11H,8-9,12H2,(H2,24,27)(H,25,28). The first-order valence-electron chi connectivity index (χ1n) is 8.70. The van der Waals surface area contributed by atoms with E-state index >= 15 is 0 Å². The molecule has 2 amide bonds. The van der Waals surface area contributed by atoms with Gasteiger partial charge in [-0.1, -0.05) is 24.3 Å². The maximum atomic E-state index is 12.8. The first kappa shape index (κ1) is 20.8. The number of carbonyl (C=O) groups excluding carboxylic acids is 2. The van der Waals surface area contributed by atoms with Crippen molar-refractivity contribution >= 4 is 34.5 Å². The number of hydrogen-bond donors (Lipinski definition) is 2. The molecule has 29 heavy (non-hydrogen) atoms. The van der Waals surface area contributed by atoms with Crippen LogP contribution in [0.4, 0.5) is 13.2 Å². The van der Waals surface area contributed by atoms with Crippen LogP contribution in [0.2, 0.25) is 0 Å². The molecule has 1 aromatic heterocycles. The van der Waals surface area contributed by atoms with Gasteiger partial charge in [-0.3, -0.25) is 9.59 Å². The maximum Gasteiger partial charge on any atom is 0.416 e. The van der Waals surface area contributed by atoms with E-state index < -0.39 is 23.6 Å². The zero-order valence-electron chi connectivity index (χ0n) is 15.2. The minimum absolute atomic E-state index is 0.0464. The number of nitrogens with one attached hydrogen (secondary N) is 1. The second-order valence-electron chi connectivity index (χ2n) is 6.29. The maximum absolute atomic E-state index is 12.8. The van der Waals surface area contributed by atoms with E-state index in [9.17, 15) is 22.8 Å². The zero-order chi connectivity index (χ0) is 21.0. The Morgan fingerprint density at radius 1 is 1.10 bits per heavy atom. The Kier molecular flexibility index (Phi) is 6.17. The van der Waals surface area contributed by atoms with Gasteiger partial charge >= 0.3 is 6.18 Å². The highest BCUT2D eigenvalue weighted by Gasteiger charge is 2.30. The topological polar surface area (TPSA) is 77.1 Å². The molecule has 0 bridgehead atoms. The summed E-state index contributed by atoms with van der Waals surface area (Å²) in [6.45, 7) is 0.649. The first-order chi connectivity index (χ1) is 13.8. The zero-order valence-corrected chi connectivity index (χ0v) is 16.0. The lowest BCUT2D eigenvalue weighted by atomic mass is 10.1. The van der Waals surface area contributed by atoms with Gasteiger partial charge in [0.15, 0.2) is 0 Å². The lowest BCUT2D eigenvalue weighted by Gasteiger charge is -2.10. The molecule has 0 aliphatic heterocycles. The molecule has 0 unspecified atom stereocenters. The van der Waals surface area contributed by atoms with Crippen LogP contribution in [0.15, 0.2) is 59.6 Å². The third-order valence-corrected chi connectivity index (χ3v) is 5.28. The molecule has 0 radical (unpaired) electrons. The van der Waals surface area contributed by atoms with Crippen LogP contribution in [0.25, 0.3) is 10.9 Å². The summed E-state index contributed by atoms with van der Waals surface area (Å²) < 4.78 is 40.3. The van der Waals surface area contributed by atoms with E-state index in [1.807, 2.05) is 35.0 Å². The lowest BCUT2D eigenvalue weighted by molar-refractivity contribution is -0.137. The third kappa shape index (κ3) is 5.11. The Morgan fingerprint density at radius 3 is 2.59 bits per heavy atom. The Hall–Kier alpha value is -2.94. The number of nitrogens with zero attached hydrogens (tertiary/aromatic N) is 1. The van der Waals surface area contributed by atoms with Crippen LogP contribution in [0.1, 0.15) is 15.9 Å². The summed E-state index contributed by atoms with van der Waals surface area (Å²) in [6.07, 6.45) is -2.63. The van der Waals surface area contributed by atoms with Crippen LogP contribution in [0, 0.1) is 0 Å². The number of benzene rings is 2. The average molecular weight is 421 g/mol. The van der Waals surface area contributed by atoms with Gasteiger partial charge in [0.25, 0.3) is 5.91 Å². The van der Waals surface area contributed by atoms with Gasteiger partial charge < -0.3 is 15.6 Å². The number of primary amides is 1. The Bertz CT molecular complexity index is 1050. The van der Waals surface area contributed by atoms with Crippen molar-refractivity contribution in [1.82, 2.24) is 9.88 Å². The molecule has 0 spiro atoms. The molecule has 0 saturated heterocycles. The predicted octanol–water partition coefficient (Wildman–Crippen LogP) is 3.67. The van der Waals surface area contributed by atoms with Gasteiger partial charge in [0.05, 0.1) is 11.3 Å². The number of hydrogen-bond acceptors (Lipinski definition) is 3. The number of fused-ring (bicyclic) bond motifs is 1. The number of thioether (sulfide) groups is 1. The SMILES string of the molecule is NC(=O)CSc1cn(CCNC(=O)c2cccc(C(F)(F)F)c2)c2ccccc12. The molecule has 5 nitrogen and oxygen atoms in total. The van der Waals surface area contributed by atoms with Crippen molar-refractivity contribution in [3.63, 3.8) is 0 Å². The highest BCUT2D eigenvalue weighted by Crippen LogP contribution is 2.30. The Morgan fingerprint density at radius 2 is 1.86 bits per heavy atom. The predicted molar refractivity (Wildman–Crippen MR) is 106 cm³/mol. The molecular weight excluding hydrogens is 403 g/mol. The summed E-state index contributed by atoms with van der Waals surface area (Å²) in [4.78, 5) is 24.2. The highest BCUT2D eigenvalue weighted by atomic mass is 32.2. The molecule has 0 fully saturated rings. The molecule has 9 heteroatoms. The molecule has 152 valence electrons. The van der Waals surface area contributed by atoms with Crippen LogP contribution in [-0.4, -0.2) is 28.7 Å². The van der Waals surface area contributed by atoms with Crippen LogP contribution in [0.3, 0.4) is 0 Å². The molecule has 3 aromatic rings. The van der Waals surface area contributed by atoms with E-state index in [-0.39, 0.29) is 17.9 Å². The summed E-state index contributed by atoms with van der Waals surface area (Å²) in [5.41, 5.74) is 5.23. The molecule has 2 aromatic carbocycles. The van der Waals surface area contributed by atoms with Crippen molar-refractivity contribution in [3.05, 3.63) is 65.9 Å². The van der Waals surface area contributed by atoms with Gasteiger partial charge in [-0.15, -0.1) is 11.8 Å². The normalized spacial score (nSPS) is 11.6. The van der Waals surface area contributed by atoms with E-state index in [1.165, 1.54) is 23.9 Å². The number of carbonyl (C=O) groups is 2. The van der Waals surface area contributed by atoms with Crippen molar-refractivity contribution in [1.29, 1.82) is 0 Å². The van der Waals surface area contributed by atoms with Crippen molar-refractivity contribution < 1.29 is 22.8 Å². The lowest BCUT2D eigenvalue weighted by Crippen LogP contribution is -2.27. The number of amides is 2. The summed E-state index contributed by atoms with van der Waals surface area (Å²) in [5, 5.41) is 3.60. The summed E-state index contributed by atoms with van der Waals surface area (Å²) in [7, 11) is 0. The summed E-state index contributed by atoms with van der Waals surface area (Å²) in [5.74, 6) is -0.837. The third-order valence-electron chi connectivity index (χ3n) is 4.21. The number of halogens is 3. The number of aromatic nitrogens is 1. The van der Waals surface area contributed by atoms with E-state index in [0.717, 1.165) is 27.9 Å². The number of nitrogens with two attached hydrogens (primary N) is 1. The number of para-hydroxylation sites is 1. The van der Waals surface area contributed by atoms with Crippen LogP contribution in [-0.2, 0) is 17.5 Å². The van der Waals surface area contributed by atoms with Gasteiger partial charge in [-0.2, -0.15) is 13.2 Å². The minimum atomic E-state index is -4.50. The molecular formula is C20H18F3N3O2S. The second-order valence-corrected chi connectivity index (χ2v) is 7.31. The fraction of sp³-hybridized carbons (Fsp3) is 0.200. The van der Waals surface area contributed by atoms with Crippen LogP contribution < -0.4 is 11.1 Å². The molecule has 0 aliphatic carbocycles. The van der Waals surface area contributed by atoms with Crippen LogP contribution >= 0.6 is 11.8 Å². The van der Waals surface area contributed by atoms with Crippen molar-refractivity contribution in [2.45, 2.75) is 17.6 Å². The van der Waals surface area contributed by atoms with Gasteiger partial charge in [0, 0.05) is 40.6 Å². The molecule has 0 saturated carbocycles. The molecule has 0 atom stereocenters. The molecule has 3 N–H and O–H groups in total. The molecule has 0 aliphatic rings. The van der Waals surface area contributed by atoms with Gasteiger partial charge in [-0.25, -0.2) is 0 Å². The smallest absolute Gasteiger partial charge is 0.369 e. The summed E-state index contributed by atoms with van der Waals surface area (Å²) in [6, 6.07) is 11.9. The van der Waals surface area contributed by atoms with Gasteiger partial charge in [0.1, 0.15) is 0 Å². The number of rotatable bonds is 7. The quantitative estimate of drug-likeness (QED) is 0.572. The van der Waals surface area contributed by atoms with Crippen molar-refractivity contribution in [2.24, 2.45) is 5.73 Å². The largest absolute Gasteiger partial charge is 0.416 e. The number of alkyl halides is 3. The van der Waals surface area contributed by atoms with Crippen molar-refractivity contribution in [3.8, 4) is 0 Å². The van der Waals surface area contributed by atoms with Gasteiger partial charge in [0.2, 0.25) is 5.91 Å². The Balaban J connectivity index is 1.68. The average Bonchev–Trinajstić information content (AvgIpc) is 3.04. The Labute approximate surface area is 169 Å². The van der Waals surface area contributed by atoms with E-state index in [2.05, 4.69) is 5.32 Å². The van der Waals surface area contributed by atoms with E-state index in [0.29, 0.717) is 6.54 Å². The monoisotopic (exact) mass is 421 g/mol. The minimum Gasteiger partial charge on any atom is -0.369 e. The van der Waals surface area contributed by atoms with E-state index in [4.69, 9.17) is 5.73 Å². The second kappa shape index (κ2) is 8.60. The molecule has 3 rings (SSSR count). The van der Waals surface area contributed by atoms with Crippen LogP contribution in [0.5, 0.6) is 0 Å². The van der Waals surface area contributed by atoms with Crippen molar-refractivity contribution in [2.75, 3.05) is 12.3 Å². The first-order valence-corrected chi connectivity index (χ1v) is 9.68. The molecule has 1 heterocycles. The summed E-state index contributed by atoms with van der Waals surface area (Å²) >= 11 is 1.33. The fourth-order valence-electron chi connectivity index (χ4n) is 2.89. The van der Waals surface area contributed by atoms with Gasteiger partial charge in [-0.05, 0) is 24.3 Å².